The number of amides is 1. The number of imidazole rings is 1. The van der Waals surface area contributed by atoms with Crippen LogP contribution in [0.25, 0.3) is 21.9 Å². The Labute approximate surface area is 216 Å². The van der Waals surface area contributed by atoms with Crippen LogP contribution in [0.5, 0.6) is 0 Å². The fourth-order valence-electron chi connectivity index (χ4n) is 3.76. The van der Waals surface area contributed by atoms with Gasteiger partial charge in [0, 0.05) is 24.2 Å². The van der Waals surface area contributed by atoms with Crippen LogP contribution in [0.2, 0.25) is 0 Å². The number of hydrogen-bond donors (Lipinski definition) is 5. The average molecular weight is 582 g/mol. The summed E-state index contributed by atoms with van der Waals surface area (Å²) in [5, 5.41) is 14.1. The summed E-state index contributed by atoms with van der Waals surface area (Å²) in [6.45, 7) is 9.29. The van der Waals surface area contributed by atoms with E-state index in [-0.39, 0.29) is 5.91 Å². The molecule has 35 heavy (non-hydrogen) atoms. The van der Waals surface area contributed by atoms with Crippen molar-refractivity contribution in [3.63, 3.8) is 0 Å². The molecule has 0 unspecified atom stereocenters. The number of nitrogens with one attached hydrogen (secondary N) is 4. The van der Waals surface area contributed by atoms with Gasteiger partial charge in [-0.1, -0.05) is 18.7 Å². The molecule has 0 radical (unpaired) electrons. The first-order chi connectivity index (χ1) is 16.9. The number of fused-ring (bicyclic) bond motifs is 2. The first kappa shape index (κ1) is 24.3. The average Bonchev–Trinajstić information content (AvgIpc) is 3.48. The maximum absolute atomic E-state index is 13.4. The van der Waals surface area contributed by atoms with Crippen molar-refractivity contribution in [2.24, 2.45) is 5.73 Å². The van der Waals surface area contributed by atoms with Crippen molar-refractivity contribution < 1.29 is 4.79 Å². The lowest BCUT2D eigenvalue weighted by Gasteiger charge is -2.23. The van der Waals surface area contributed by atoms with Crippen LogP contribution in [0.4, 0.5) is 17.3 Å². The van der Waals surface area contributed by atoms with Crippen LogP contribution in [-0.4, -0.2) is 39.2 Å². The van der Waals surface area contributed by atoms with Crippen molar-refractivity contribution in [2.45, 2.75) is 13.8 Å². The van der Waals surface area contributed by atoms with Gasteiger partial charge in [-0.2, -0.15) is 5.10 Å². The molecule has 180 valence electrons. The van der Waals surface area contributed by atoms with E-state index in [9.17, 15) is 4.79 Å². The number of carbonyl (C=O) groups excluding carboxylic acids is 1. The van der Waals surface area contributed by atoms with Gasteiger partial charge in [-0.05, 0) is 72.8 Å². The topological polar surface area (TPSA) is 128 Å². The van der Waals surface area contributed by atoms with Gasteiger partial charge in [0.2, 0.25) is 5.95 Å². The van der Waals surface area contributed by atoms with E-state index < -0.39 is 0 Å². The smallest absolute Gasteiger partial charge is 0.257 e. The third-order valence-electron chi connectivity index (χ3n) is 5.54. The van der Waals surface area contributed by atoms with E-state index in [1.165, 1.54) is 0 Å². The molecule has 2 heterocycles. The SMILES string of the molecule is C=C/C=C\C(I)=C(/N)Nc1nc2cc(N(CC)CC)c(C(=O)Nc3ccc4cn[nH]c4c3)cc2[nH]1. The zero-order valence-corrected chi connectivity index (χ0v) is 21.7. The van der Waals surface area contributed by atoms with Crippen molar-refractivity contribution in [3.05, 3.63) is 76.3 Å². The van der Waals surface area contributed by atoms with E-state index in [0.29, 0.717) is 23.0 Å². The quantitative estimate of drug-likeness (QED) is 0.136. The maximum atomic E-state index is 13.4. The highest BCUT2D eigenvalue weighted by molar-refractivity contribution is 14.1. The Hall–Kier alpha value is -3.80. The van der Waals surface area contributed by atoms with Gasteiger partial charge in [0.1, 0.15) is 5.82 Å². The third kappa shape index (κ3) is 5.32. The molecule has 10 heteroatoms. The first-order valence-electron chi connectivity index (χ1n) is 11.2. The van der Waals surface area contributed by atoms with Crippen LogP contribution in [-0.2, 0) is 0 Å². The van der Waals surface area contributed by atoms with Crippen LogP contribution < -0.4 is 21.3 Å². The number of aromatic amines is 2. The van der Waals surface area contributed by atoms with E-state index in [1.54, 1.807) is 18.3 Å². The lowest BCUT2D eigenvalue weighted by molar-refractivity contribution is 0.102. The van der Waals surface area contributed by atoms with E-state index in [4.69, 9.17) is 5.73 Å². The summed E-state index contributed by atoms with van der Waals surface area (Å²) >= 11 is 2.14. The van der Waals surface area contributed by atoms with E-state index in [1.807, 2.05) is 36.4 Å². The van der Waals surface area contributed by atoms with Gasteiger partial charge in [-0.25, -0.2) is 4.98 Å². The number of carbonyl (C=O) groups is 1. The van der Waals surface area contributed by atoms with Gasteiger partial charge in [-0.3, -0.25) is 9.89 Å². The van der Waals surface area contributed by atoms with Crippen molar-refractivity contribution in [1.29, 1.82) is 0 Å². The monoisotopic (exact) mass is 582 g/mol. The molecule has 9 nitrogen and oxygen atoms in total. The zero-order chi connectivity index (χ0) is 24.9. The summed E-state index contributed by atoms with van der Waals surface area (Å²) in [7, 11) is 0. The Kier molecular flexibility index (Phi) is 7.39. The Morgan fingerprint density at radius 1 is 1.20 bits per heavy atom. The minimum Gasteiger partial charge on any atom is -0.384 e. The fourth-order valence-corrected chi connectivity index (χ4v) is 4.10. The second-order valence-corrected chi connectivity index (χ2v) is 8.91. The van der Waals surface area contributed by atoms with Crippen LogP contribution in [0.15, 0.2) is 70.7 Å². The summed E-state index contributed by atoms with van der Waals surface area (Å²) in [5.74, 6) is 0.741. The van der Waals surface area contributed by atoms with E-state index in [2.05, 4.69) is 78.7 Å². The maximum Gasteiger partial charge on any atom is 0.257 e. The molecule has 0 aliphatic rings. The summed E-state index contributed by atoms with van der Waals surface area (Å²) in [5.41, 5.74) is 10.5. The van der Waals surface area contributed by atoms with Crippen LogP contribution in [0.3, 0.4) is 0 Å². The highest BCUT2D eigenvalue weighted by atomic mass is 127. The molecule has 1 amide bonds. The molecule has 0 aliphatic carbocycles. The highest BCUT2D eigenvalue weighted by Crippen LogP contribution is 2.29. The lowest BCUT2D eigenvalue weighted by Crippen LogP contribution is -2.25. The molecule has 0 saturated heterocycles. The largest absolute Gasteiger partial charge is 0.384 e. The fraction of sp³-hybridized carbons (Fsp3) is 0.160. The van der Waals surface area contributed by atoms with Gasteiger partial charge in [0.05, 0.1) is 37.6 Å². The number of nitrogens with two attached hydrogens (primary N) is 1. The molecule has 0 aliphatic heterocycles. The van der Waals surface area contributed by atoms with E-state index >= 15 is 0 Å². The van der Waals surface area contributed by atoms with Crippen molar-refractivity contribution in [2.75, 3.05) is 28.6 Å². The molecule has 0 bridgehead atoms. The first-order valence-corrected chi connectivity index (χ1v) is 12.3. The van der Waals surface area contributed by atoms with Crippen molar-refractivity contribution in [1.82, 2.24) is 20.2 Å². The predicted octanol–water partition coefficient (Wildman–Crippen LogP) is 5.25. The predicted molar refractivity (Wildman–Crippen MR) is 152 cm³/mol. The highest BCUT2D eigenvalue weighted by Gasteiger charge is 2.19. The molecule has 6 N–H and O–H groups in total. The Morgan fingerprint density at radius 2 is 2.00 bits per heavy atom. The van der Waals surface area contributed by atoms with Gasteiger partial charge < -0.3 is 26.3 Å². The summed E-state index contributed by atoms with van der Waals surface area (Å²) in [4.78, 5) is 23.4. The molecule has 4 rings (SSSR count). The summed E-state index contributed by atoms with van der Waals surface area (Å²) in [6.07, 6.45) is 7.08. The molecular weight excluding hydrogens is 555 g/mol. The van der Waals surface area contributed by atoms with Gasteiger partial charge in [0.25, 0.3) is 5.91 Å². The molecule has 0 fully saturated rings. The second-order valence-electron chi connectivity index (χ2n) is 7.75. The third-order valence-corrected chi connectivity index (χ3v) is 6.48. The standard InChI is InChI=1S/C25H27IN8O/c1-4-7-8-18(26)23(27)32-25-30-20-12-17(22(13-21(20)31-25)34(5-2)6-3)24(35)29-16-10-9-15-14-28-33-19(15)11-16/h4,7-14H,1,5-6,27H2,2-3H3,(H,28,33)(H,29,35)(H2,30,31,32)/b8-7-,23-18-. The zero-order valence-electron chi connectivity index (χ0n) is 19.5. The van der Waals surface area contributed by atoms with Gasteiger partial charge in [0.15, 0.2) is 0 Å². The number of halogens is 1. The number of nitrogens with zero attached hydrogens (tertiary/aromatic N) is 3. The molecule has 0 spiro atoms. The summed E-state index contributed by atoms with van der Waals surface area (Å²) < 4.78 is 0.820. The van der Waals surface area contributed by atoms with Crippen LogP contribution >= 0.6 is 22.6 Å². The number of H-pyrrole nitrogens is 2. The number of aromatic nitrogens is 4. The molecule has 4 aromatic rings. The molecule has 2 aromatic carbocycles. The second kappa shape index (κ2) is 10.6. The van der Waals surface area contributed by atoms with Gasteiger partial charge in [-0.15, -0.1) is 0 Å². The molecule has 0 atom stereocenters. The Balaban J connectivity index is 1.70. The van der Waals surface area contributed by atoms with Crippen molar-refractivity contribution in [3.8, 4) is 0 Å². The Bertz CT molecular complexity index is 1440. The molecular formula is C25H27IN8O. The minimum atomic E-state index is -0.208. The Morgan fingerprint density at radius 3 is 2.74 bits per heavy atom. The number of hydrogen-bond acceptors (Lipinski definition) is 6. The van der Waals surface area contributed by atoms with E-state index in [0.717, 1.165) is 44.3 Å². The van der Waals surface area contributed by atoms with Gasteiger partial charge >= 0.3 is 0 Å². The van der Waals surface area contributed by atoms with Crippen LogP contribution in [0, 0.1) is 0 Å². The van der Waals surface area contributed by atoms with Crippen molar-refractivity contribution >= 4 is 67.8 Å². The minimum absolute atomic E-state index is 0.208. The lowest BCUT2D eigenvalue weighted by atomic mass is 10.1. The van der Waals surface area contributed by atoms with Crippen LogP contribution in [0.1, 0.15) is 24.2 Å². The molecule has 2 aromatic heterocycles. The number of anilines is 3. The number of benzene rings is 2. The number of allylic oxidation sites excluding steroid dienone is 4. The number of rotatable bonds is 9. The summed E-state index contributed by atoms with van der Waals surface area (Å²) in [6, 6.07) is 9.40. The molecule has 0 saturated carbocycles. The normalized spacial score (nSPS) is 12.2.